The molecule has 2 N–H and O–H groups in total. The molecule has 0 aliphatic rings. The van der Waals surface area contributed by atoms with Crippen molar-refractivity contribution in [2.75, 3.05) is 5.32 Å². The molecule has 0 bridgehead atoms. The van der Waals surface area contributed by atoms with Crippen LogP contribution in [0.3, 0.4) is 0 Å². The fourth-order valence-electron chi connectivity index (χ4n) is 1.63. The molecule has 0 spiro atoms. The van der Waals surface area contributed by atoms with Crippen LogP contribution in [0.1, 0.15) is 11.1 Å². The molecule has 5 heteroatoms. The molecule has 0 saturated carbocycles. The van der Waals surface area contributed by atoms with Crippen LogP contribution in [0.5, 0.6) is 5.75 Å². The van der Waals surface area contributed by atoms with Gasteiger partial charge in [0.25, 0.3) is 0 Å². The molecule has 0 atom stereocenters. The second-order valence-electron chi connectivity index (χ2n) is 4.07. The van der Waals surface area contributed by atoms with Crippen LogP contribution in [0.25, 0.3) is 0 Å². The summed E-state index contributed by atoms with van der Waals surface area (Å²) in [5.41, 5.74) is 0.581. The largest absolute Gasteiger partial charge is 0.506 e. The molecular formula is C14H12F3NO. The average Bonchev–Trinajstić information content (AvgIpc) is 2.37. The van der Waals surface area contributed by atoms with Gasteiger partial charge in [-0.25, -0.2) is 0 Å². The van der Waals surface area contributed by atoms with E-state index in [1.807, 2.05) is 0 Å². The van der Waals surface area contributed by atoms with Gasteiger partial charge >= 0.3 is 6.18 Å². The van der Waals surface area contributed by atoms with Gasteiger partial charge in [-0.05, 0) is 29.8 Å². The van der Waals surface area contributed by atoms with Gasteiger partial charge in [-0.15, -0.1) is 0 Å². The summed E-state index contributed by atoms with van der Waals surface area (Å²) in [7, 11) is 0. The second kappa shape index (κ2) is 5.22. The Morgan fingerprint density at radius 2 is 1.58 bits per heavy atom. The molecule has 0 radical (unpaired) electrons. The molecule has 0 heterocycles. The highest BCUT2D eigenvalue weighted by molar-refractivity contribution is 5.55. The van der Waals surface area contributed by atoms with E-state index in [2.05, 4.69) is 5.32 Å². The Morgan fingerprint density at radius 3 is 2.16 bits per heavy atom. The Balaban J connectivity index is 2.03. The molecule has 19 heavy (non-hydrogen) atoms. The van der Waals surface area contributed by atoms with Gasteiger partial charge in [0.1, 0.15) is 5.75 Å². The number of phenolic OH excluding ortho intramolecular Hbond substituents is 1. The predicted octanol–water partition coefficient (Wildman–Crippen LogP) is 4.02. The molecule has 2 aromatic carbocycles. The van der Waals surface area contributed by atoms with Crippen LogP contribution in [0.15, 0.2) is 48.5 Å². The second-order valence-corrected chi connectivity index (χ2v) is 4.07. The van der Waals surface area contributed by atoms with Crippen molar-refractivity contribution in [2.24, 2.45) is 0 Å². The number of hydrogen-bond donors (Lipinski definition) is 2. The van der Waals surface area contributed by atoms with E-state index >= 15 is 0 Å². The number of phenols is 1. The molecule has 0 aromatic heterocycles. The van der Waals surface area contributed by atoms with Crippen molar-refractivity contribution >= 4 is 5.69 Å². The van der Waals surface area contributed by atoms with E-state index in [4.69, 9.17) is 0 Å². The van der Waals surface area contributed by atoms with E-state index in [0.717, 1.165) is 12.1 Å². The smallest absolute Gasteiger partial charge is 0.416 e. The summed E-state index contributed by atoms with van der Waals surface area (Å²) in [6.45, 7) is 0.343. The highest BCUT2D eigenvalue weighted by Gasteiger charge is 2.29. The summed E-state index contributed by atoms with van der Waals surface area (Å²) in [5.74, 6) is 0.106. The molecule has 100 valence electrons. The monoisotopic (exact) mass is 267 g/mol. The van der Waals surface area contributed by atoms with Crippen LogP contribution in [-0.4, -0.2) is 5.11 Å². The number of nitrogens with one attached hydrogen (secondary N) is 1. The molecule has 0 amide bonds. The maximum absolute atomic E-state index is 12.4. The maximum atomic E-state index is 12.4. The zero-order chi connectivity index (χ0) is 13.9. The molecule has 0 saturated heterocycles. The molecule has 2 nitrogen and oxygen atoms in total. The third-order valence-electron chi connectivity index (χ3n) is 2.67. The zero-order valence-corrected chi connectivity index (χ0v) is 9.91. The van der Waals surface area contributed by atoms with Crippen LogP contribution < -0.4 is 5.32 Å². The summed E-state index contributed by atoms with van der Waals surface area (Å²) >= 11 is 0. The van der Waals surface area contributed by atoms with Crippen LogP contribution in [0.4, 0.5) is 18.9 Å². The van der Waals surface area contributed by atoms with Crippen LogP contribution in [-0.2, 0) is 12.7 Å². The standard InChI is InChI=1S/C14H12F3NO/c15-14(16,17)11-7-5-10(6-8-11)9-18-12-3-1-2-4-13(12)19/h1-8,18-19H,9H2. The van der Waals surface area contributed by atoms with Crippen molar-refractivity contribution in [2.45, 2.75) is 12.7 Å². The highest BCUT2D eigenvalue weighted by Crippen LogP contribution is 2.29. The van der Waals surface area contributed by atoms with Gasteiger partial charge in [-0.3, -0.25) is 0 Å². The number of aromatic hydroxyl groups is 1. The summed E-state index contributed by atoms with van der Waals surface area (Å²) < 4.78 is 37.1. The average molecular weight is 267 g/mol. The van der Waals surface area contributed by atoms with Gasteiger partial charge < -0.3 is 10.4 Å². The lowest BCUT2D eigenvalue weighted by atomic mass is 10.1. The van der Waals surface area contributed by atoms with Crippen molar-refractivity contribution < 1.29 is 18.3 Å². The van der Waals surface area contributed by atoms with Crippen molar-refractivity contribution in [3.05, 3.63) is 59.7 Å². The van der Waals surface area contributed by atoms with E-state index in [1.165, 1.54) is 18.2 Å². The molecule has 0 unspecified atom stereocenters. The Kier molecular flexibility index (Phi) is 3.64. The third-order valence-corrected chi connectivity index (χ3v) is 2.67. The number of hydrogen-bond acceptors (Lipinski definition) is 2. The van der Waals surface area contributed by atoms with Crippen LogP contribution >= 0.6 is 0 Å². The van der Waals surface area contributed by atoms with E-state index in [9.17, 15) is 18.3 Å². The molecule has 2 aromatic rings. The fourth-order valence-corrected chi connectivity index (χ4v) is 1.63. The van der Waals surface area contributed by atoms with Gasteiger partial charge in [0.2, 0.25) is 0 Å². The van der Waals surface area contributed by atoms with Crippen molar-refractivity contribution in [1.29, 1.82) is 0 Å². The van der Waals surface area contributed by atoms with Gasteiger partial charge in [0.15, 0.2) is 0 Å². The van der Waals surface area contributed by atoms with Crippen LogP contribution in [0, 0.1) is 0 Å². The minimum absolute atomic E-state index is 0.106. The quantitative estimate of drug-likeness (QED) is 0.823. The fraction of sp³-hybridized carbons (Fsp3) is 0.143. The van der Waals surface area contributed by atoms with E-state index in [1.54, 1.807) is 18.2 Å². The maximum Gasteiger partial charge on any atom is 0.416 e. The first-order valence-electron chi connectivity index (χ1n) is 5.65. The summed E-state index contributed by atoms with van der Waals surface area (Å²) in [6, 6.07) is 11.6. The number of rotatable bonds is 3. The normalized spacial score (nSPS) is 11.3. The Morgan fingerprint density at radius 1 is 0.947 bits per heavy atom. The third kappa shape index (κ3) is 3.40. The molecule has 0 aliphatic heterocycles. The van der Waals surface area contributed by atoms with Gasteiger partial charge in [0.05, 0.1) is 11.3 Å². The van der Waals surface area contributed by atoms with Gasteiger partial charge in [-0.1, -0.05) is 24.3 Å². The lowest BCUT2D eigenvalue weighted by molar-refractivity contribution is -0.137. The van der Waals surface area contributed by atoms with Crippen LogP contribution in [0.2, 0.25) is 0 Å². The Bertz CT molecular complexity index is 549. The minimum atomic E-state index is -4.32. The minimum Gasteiger partial charge on any atom is -0.506 e. The van der Waals surface area contributed by atoms with E-state index in [-0.39, 0.29) is 5.75 Å². The number of para-hydroxylation sites is 2. The van der Waals surface area contributed by atoms with Crippen molar-refractivity contribution in [1.82, 2.24) is 0 Å². The molecular weight excluding hydrogens is 255 g/mol. The first-order chi connectivity index (χ1) is 8.97. The summed E-state index contributed by atoms with van der Waals surface area (Å²) in [4.78, 5) is 0. The number of benzene rings is 2. The Labute approximate surface area is 108 Å². The van der Waals surface area contributed by atoms with Crippen molar-refractivity contribution in [3.8, 4) is 5.75 Å². The van der Waals surface area contributed by atoms with E-state index in [0.29, 0.717) is 17.8 Å². The SMILES string of the molecule is Oc1ccccc1NCc1ccc(C(F)(F)F)cc1. The molecule has 0 aliphatic carbocycles. The first kappa shape index (κ1) is 13.3. The number of alkyl halides is 3. The summed E-state index contributed by atoms with van der Waals surface area (Å²) in [5, 5.41) is 12.5. The Hall–Kier alpha value is -2.17. The first-order valence-corrected chi connectivity index (χ1v) is 5.65. The predicted molar refractivity (Wildman–Crippen MR) is 66.9 cm³/mol. The van der Waals surface area contributed by atoms with E-state index < -0.39 is 11.7 Å². The summed E-state index contributed by atoms with van der Waals surface area (Å²) in [6.07, 6.45) is -4.32. The molecule has 0 fully saturated rings. The highest BCUT2D eigenvalue weighted by atomic mass is 19.4. The number of halogens is 3. The lowest BCUT2D eigenvalue weighted by Gasteiger charge is -2.10. The number of anilines is 1. The van der Waals surface area contributed by atoms with Gasteiger partial charge in [-0.2, -0.15) is 13.2 Å². The van der Waals surface area contributed by atoms with Gasteiger partial charge in [0, 0.05) is 6.54 Å². The zero-order valence-electron chi connectivity index (χ0n) is 9.91. The molecule has 2 rings (SSSR count). The topological polar surface area (TPSA) is 32.3 Å². The van der Waals surface area contributed by atoms with Crippen molar-refractivity contribution in [3.63, 3.8) is 0 Å². The lowest BCUT2D eigenvalue weighted by Crippen LogP contribution is -2.05.